The van der Waals surface area contributed by atoms with Crippen LogP contribution in [0.5, 0.6) is 0 Å². The smallest absolute Gasteiger partial charge is 0.336 e. The Balaban J connectivity index is 2.98. The summed E-state index contributed by atoms with van der Waals surface area (Å²) in [6.07, 6.45) is -3.41. The monoisotopic (exact) mass is 348 g/mol. The van der Waals surface area contributed by atoms with Crippen molar-refractivity contribution in [2.45, 2.75) is 32.0 Å². The third kappa shape index (κ3) is 4.23. The van der Waals surface area contributed by atoms with Crippen LogP contribution in [-0.4, -0.2) is 11.9 Å². The summed E-state index contributed by atoms with van der Waals surface area (Å²) < 4.78 is 38.1. The Labute approximate surface area is 122 Å². The third-order valence-corrected chi connectivity index (χ3v) is 3.26. The quantitative estimate of drug-likeness (QED) is 0.897. The minimum absolute atomic E-state index is 0.128. The zero-order valence-electron chi connectivity index (χ0n) is 10.6. The maximum atomic E-state index is 12.7. The summed E-state index contributed by atoms with van der Waals surface area (Å²) in [5, 5.41) is 11.2. The molecule has 1 unspecified atom stereocenters. The van der Waals surface area contributed by atoms with Crippen LogP contribution in [0, 0.1) is 11.3 Å². The number of alkyl halides is 3. The molecule has 1 N–H and O–H groups in total. The highest BCUT2D eigenvalue weighted by molar-refractivity contribution is 9.10. The first kappa shape index (κ1) is 16.5. The van der Waals surface area contributed by atoms with E-state index in [0.717, 1.165) is 6.07 Å². The molecule has 1 amide bonds. The Hall–Kier alpha value is -1.55. The van der Waals surface area contributed by atoms with Gasteiger partial charge < -0.3 is 5.32 Å². The number of hydrogen-bond donors (Lipinski definition) is 1. The molecular formula is C13H12BrF3N2O. The number of halogens is 4. The number of hydrogen-bond acceptors (Lipinski definition) is 2. The van der Waals surface area contributed by atoms with E-state index in [0.29, 0.717) is 12.8 Å². The topological polar surface area (TPSA) is 52.9 Å². The lowest BCUT2D eigenvalue weighted by atomic mass is 10.1. The second-order valence-corrected chi connectivity index (χ2v) is 4.99. The molecule has 0 aromatic heterocycles. The Bertz CT molecular complexity index is 537. The highest BCUT2D eigenvalue weighted by Gasteiger charge is 2.33. The van der Waals surface area contributed by atoms with Crippen LogP contribution in [0.2, 0.25) is 0 Å². The highest BCUT2D eigenvalue weighted by Crippen LogP contribution is 2.35. The van der Waals surface area contributed by atoms with Gasteiger partial charge in [-0.05, 0) is 24.6 Å². The highest BCUT2D eigenvalue weighted by atomic mass is 79.9. The Kier molecular flexibility index (Phi) is 5.57. The van der Waals surface area contributed by atoms with Gasteiger partial charge in [-0.3, -0.25) is 4.79 Å². The number of carbonyl (C=O) groups excluding carboxylic acids is 1. The second kappa shape index (κ2) is 6.75. The van der Waals surface area contributed by atoms with Crippen LogP contribution in [-0.2, 0) is 6.18 Å². The van der Waals surface area contributed by atoms with Gasteiger partial charge in [0.25, 0.3) is 5.91 Å². The summed E-state index contributed by atoms with van der Waals surface area (Å²) in [5.41, 5.74) is -1.05. The van der Waals surface area contributed by atoms with Crippen LogP contribution >= 0.6 is 15.9 Å². The van der Waals surface area contributed by atoms with Crippen molar-refractivity contribution in [2.24, 2.45) is 0 Å². The fraction of sp³-hybridized carbons (Fsp3) is 0.385. The van der Waals surface area contributed by atoms with Gasteiger partial charge in [0.1, 0.15) is 6.04 Å². The van der Waals surface area contributed by atoms with E-state index in [1.54, 1.807) is 0 Å². The molecule has 0 fully saturated rings. The minimum atomic E-state index is -4.55. The lowest BCUT2D eigenvalue weighted by molar-refractivity contribution is -0.138. The van der Waals surface area contributed by atoms with Gasteiger partial charge in [0.15, 0.2) is 0 Å². The second-order valence-electron chi connectivity index (χ2n) is 4.14. The molecule has 0 radical (unpaired) electrons. The predicted octanol–water partition coefficient (Wildman–Crippen LogP) is 3.89. The number of nitriles is 1. The van der Waals surface area contributed by atoms with Gasteiger partial charge in [0.2, 0.25) is 0 Å². The van der Waals surface area contributed by atoms with Crippen LogP contribution in [0.25, 0.3) is 0 Å². The van der Waals surface area contributed by atoms with Crippen LogP contribution in [0.3, 0.4) is 0 Å². The molecule has 1 rings (SSSR count). The Morgan fingerprint density at radius 1 is 1.50 bits per heavy atom. The van der Waals surface area contributed by atoms with E-state index in [2.05, 4.69) is 21.2 Å². The fourth-order valence-electron chi connectivity index (χ4n) is 1.58. The van der Waals surface area contributed by atoms with Gasteiger partial charge >= 0.3 is 6.18 Å². The van der Waals surface area contributed by atoms with Crippen LogP contribution in [0.15, 0.2) is 22.7 Å². The number of rotatable bonds is 4. The average molecular weight is 349 g/mol. The summed E-state index contributed by atoms with van der Waals surface area (Å²) >= 11 is 2.80. The zero-order valence-corrected chi connectivity index (χ0v) is 12.2. The normalized spacial score (nSPS) is 12.6. The molecule has 0 aliphatic carbocycles. The minimum Gasteiger partial charge on any atom is -0.336 e. The van der Waals surface area contributed by atoms with Crippen molar-refractivity contribution in [3.63, 3.8) is 0 Å². The van der Waals surface area contributed by atoms with E-state index in [-0.39, 0.29) is 10.0 Å². The predicted molar refractivity (Wildman–Crippen MR) is 70.9 cm³/mol. The molecule has 0 spiro atoms. The lowest BCUT2D eigenvalue weighted by Crippen LogP contribution is -2.33. The first-order chi connectivity index (χ1) is 9.29. The molecule has 7 heteroatoms. The summed E-state index contributed by atoms with van der Waals surface area (Å²) in [6.45, 7) is 1.85. The van der Waals surface area contributed by atoms with Crippen LogP contribution in [0.4, 0.5) is 13.2 Å². The van der Waals surface area contributed by atoms with E-state index in [9.17, 15) is 18.0 Å². The summed E-state index contributed by atoms with van der Waals surface area (Å²) in [4.78, 5) is 11.8. The number of benzene rings is 1. The Morgan fingerprint density at radius 2 is 2.15 bits per heavy atom. The molecule has 20 heavy (non-hydrogen) atoms. The van der Waals surface area contributed by atoms with Gasteiger partial charge in [0.05, 0.1) is 11.6 Å². The number of amides is 1. The molecule has 0 aliphatic rings. The first-order valence-electron chi connectivity index (χ1n) is 5.86. The van der Waals surface area contributed by atoms with Gasteiger partial charge in [-0.1, -0.05) is 29.3 Å². The van der Waals surface area contributed by atoms with Crippen molar-refractivity contribution in [1.82, 2.24) is 5.32 Å². The van der Waals surface area contributed by atoms with E-state index in [4.69, 9.17) is 5.26 Å². The molecule has 1 aromatic carbocycles. The molecule has 0 aliphatic heterocycles. The van der Waals surface area contributed by atoms with Gasteiger partial charge in [-0.2, -0.15) is 18.4 Å². The molecule has 1 atom stereocenters. The van der Waals surface area contributed by atoms with Gasteiger partial charge in [0, 0.05) is 10.0 Å². The standard InChI is InChI=1S/C13H12BrF3N2O/c1-2-3-9(7-18)19-12(20)8-4-5-11(14)10(6-8)13(15,16)17/h4-6,9H,2-3H2,1H3,(H,19,20). The van der Waals surface area contributed by atoms with Crippen molar-refractivity contribution < 1.29 is 18.0 Å². The molecule has 1 aromatic rings. The molecular weight excluding hydrogens is 337 g/mol. The van der Waals surface area contributed by atoms with Crippen molar-refractivity contribution in [2.75, 3.05) is 0 Å². The lowest BCUT2D eigenvalue weighted by Gasteiger charge is -2.13. The van der Waals surface area contributed by atoms with Crippen molar-refractivity contribution >= 4 is 21.8 Å². The van der Waals surface area contributed by atoms with E-state index in [1.165, 1.54) is 12.1 Å². The molecule has 108 valence electrons. The van der Waals surface area contributed by atoms with Crippen molar-refractivity contribution in [1.29, 1.82) is 5.26 Å². The number of nitrogens with one attached hydrogen (secondary N) is 1. The van der Waals surface area contributed by atoms with Crippen LogP contribution in [0.1, 0.15) is 35.7 Å². The van der Waals surface area contributed by atoms with E-state index >= 15 is 0 Å². The summed E-state index contributed by atoms with van der Waals surface area (Å²) in [7, 11) is 0. The number of carbonyl (C=O) groups is 1. The third-order valence-electron chi connectivity index (χ3n) is 2.57. The van der Waals surface area contributed by atoms with E-state index < -0.39 is 23.7 Å². The number of nitrogens with zero attached hydrogens (tertiary/aromatic N) is 1. The largest absolute Gasteiger partial charge is 0.417 e. The molecule has 0 bridgehead atoms. The van der Waals surface area contributed by atoms with Crippen molar-refractivity contribution in [3.05, 3.63) is 33.8 Å². The zero-order chi connectivity index (χ0) is 15.3. The SMILES string of the molecule is CCCC(C#N)NC(=O)c1ccc(Br)c(C(F)(F)F)c1. The van der Waals surface area contributed by atoms with Gasteiger partial charge in [-0.25, -0.2) is 0 Å². The molecule has 0 heterocycles. The van der Waals surface area contributed by atoms with Crippen LogP contribution < -0.4 is 5.32 Å². The average Bonchev–Trinajstić information content (AvgIpc) is 2.37. The first-order valence-corrected chi connectivity index (χ1v) is 6.66. The maximum Gasteiger partial charge on any atom is 0.417 e. The van der Waals surface area contributed by atoms with E-state index in [1.807, 2.05) is 13.0 Å². The molecule has 0 saturated carbocycles. The summed E-state index contributed by atoms with van der Waals surface area (Å²) in [6, 6.07) is 4.40. The molecule has 0 saturated heterocycles. The Morgan fingerprint density at radius 3 is 2.65 bits per heavy atom. The fourth-order valence-corrected chi connectivity index (χ4v) is 2.05. The summed E-state index contributed by atoms with van der Waals surface area (Å²) in [5.74, 6) is -0.692. The maximum absolute atomic E-state index is 12.7. The molecule has 3 nitrogen and oxygen atoms in total. The van der Waals surface area contributed by atoms with Gasteiger partial charge in [-0.15, -0.1) is 0 Å². The van der Waals surface area contributed by atoms with Crippen molar-refractivity contribution in [3.8, 4) is 6.07 Å².